The van der Waals surface area contributed by atoms with Crippen LogP contribution < -0.4 is 4.90 Å². The highest BCUT2D eigenvalue weighted by molar-refractivity contribution is 9.10. The molecule has 1 aromatic rings. The minimum Gasteiger partial charge on any atom is -0.389 e. The molecule has 0 saturated heterocycles. The first-order valence-electron chi connectivity index (χ1n) is 7.30. The zero-order valence-corrected chi connectivity index (χ0v) is 13.5. The third-order valence-corrected chi connectivity index (χ3v) is 4.84. The summed E-state index contributed by atoms with van der Waals surface area (Å²) in [6.45, 7) is 1.80. The Hall–Kier alpha value is -0.540. The molecule has 0 amide bonds. The Labute approximate surface area is 124 Å². The Morgan fingerprint density at radius 1 is 1.21 bits per heavy atom. The van der Waals surface area contributed by atoms with Crippen LogP contribution >= 0.6 is 15.9 Å². The maximum absolute atomic E-state index is 9.63. The fraction of sp³-hybridized carbons (Fsp3) is 0.625. The molecule has 19 heavy (non-hydrogen) atoms. The van der Waals surface area contributed by atoms with Crippen molar-refractivity contribution in [2.45, 2.75) is 57.6 Å². The molecule has 1 saturated carbocycles. The average molecular weight is 326 g/mol. The summed E-state index contributed by atoms with van der Waals surface area (Å²) in [5, 5.41) is 9.63. The molecule has 0 aliphatic heterocycles. The van der Waals surface area contributed by atoms with Crippen LogP contribution in [0.1, 0.15) is 57.1 Å². The number of anilines is 1. The summed E-state index contributed by atoms with van der Waals surface area (Å²) in [4.78, 5) is 2.40. The van der Waals surface area contributed by atoms with E-state index in [0.717, 1.165) is 10.0 Å². The van der Waals surface area contributed by atoms with Crippen molar-refractivity contribution in [3.8, 4) is 0 Å². The number of hydrogen-bond acceptors (Lipinski definition) is 2. The van der Waals surface area contributed by atoms with Gasteiger partial charge in [-0.2, -0.15) is 0 Å². The lowest BCUT2D eigenvalue weighted by molar-refractivity contribution is 0.199. The van der Waals surface area contributed by atoms with Crippen LogP contribution in [0.5, 0.6) is 0 Å². The highest BCUT2D eigenvalue weighted by Gasteiger charge is 2.19. The van der Waals surface area contributed by atoms with Gasteiger partial charge in [0.05, 0.1) is 11.8 Å². The van der Waals surface area contributed by atoms with Crippen LogP contribution in [0.25, 0.3) is 0 Å². The molecular weight excluding hydrogens is 302 g/mol. The summed E-state index contributed by atoms with van der Waals surface area (Å²) < 4.78 is 1.08. The number of aliphatic hydroxyl groups excluding tert-OH is 1. The van der Waals surface area contributed by atoms with Crippen LogP contribution in [0.15, 0.2) is 22.7 Å². The smallest absolute Gasteiger partial charge is 0.0762 e. The molecule has 1 aliphatic carbocycles. The fourth-order valence-corrected chi connectivity index (χ4v) is 3.59. The lowest BCUT2D eigenvalue weighted by Gasteiger charge is -2.30. The lowest BCUT2D eigenvalue weighted by Crippen LogP contribution is -2.31. The van der Waals surface area contributed by atoms with E-state index in [4.69, 9.17) is 0 Å². The zero-order valence-electron chi connectivity index (χ0n) is 11.9. The van der Waals surface area contributed by atoms with Crippen molar-refractivity contribution < 1.29 is 5.11 Å². The first kappa shape index (κ1) is 14.9. The topological polar surface area (TPSA) is 23.5 Å². The monoisotopic (exact) mass is 325 g/mol. The summed E-state index contributed by atoms with van der Waals surface area (Å²) in [5.41, 5.74) is 2.20. The normalized spacial score (nSPS) is 18.9. The van der Waals surface area contributed by atoms with Crippen molar-refractivity contribution in [2.24, 2.45) is 0 Å². The maximum atomic E-state index is 9.63. The second-order valence-corrected chi connectivity index (χ2v) is 6.50. The molecule has 2 nitrogen and oxygen atoms in total. The lowest BCUT2D eigenvalue weighted by atomic mass is 10.1. The molecule has 1 fully saturated rings. The summed E-state index contributed by atoms with van der Waals surface area (Å²) in [6, 6.07) is 6.83. The summed E-state index contributed by atoms with van der Waals surface area (Å²) >= 11 is 3.65. The van der Waals surface area contributed by atoms with Crippen molar-refractivity contribution in [1.29, 1.82) is 0 Å². The predicted molar refractivity (Wildman–Crippen MR) is 84.7 cm³/mol. The third-order valence-electron chi connectivity index (χ3n) is 4.21. The van der Waals surface area contributed by atoms with Gasteiger partial charge >= 0.3 is 0 Å². The molecule has 1 atom stereocenters. The van der Waals surface area contributed by atoms with Gasteiger partial charge < -0.3 is 10.0 Å². The molecule has 1 aromatic carbocycles. The number of rotatable bonds is 3. The van der Waals surface area contributed by atoms with E-state index in [2.05, 4.69) is 33.9 Å². The van der Waals surface area contributed by atoms with Crippen LogP contribution in [0.4, 0.5) is 5.69 Å². The number of halogens is 1. The van der Waals surface area contributed by atoms with Crippen LogP contribution in [0.3, 0.4) is 0 Å². The number of aliphatic hydroxyl groups is 1. The van der Waals surface area contributed by atoms with E-state index in [0.29, 0.717) is 6.04 Å². The Morgan fingerprint density at radius 2 is 1.84 bits per heavy atom. The van der Waals surface area contributed by atoms with Gasteiger partial charge in [0, 0.05) is 17.6 Å². The van der Waals surface area contributed by atoms with Crippen LogP contribution in [0, 0.1) is 0 Å². The largest absolute Gasteiger partial charge is 0.389 e. The predicted octanol–water partition coefficient (Wildman–Crippen LogP) is 4.66. The van der Waals surface area contributed by atoms with E-state index in [9.17, 15) is 5.11 Å². The molecule has 0 unspecified atom stereocenters. The minimum absolute atomic E-state index is 0.409. The highest BCUT2D eigenvalue weighted by atomic mass is 79.9. The molecule has 0 aromatic heterocycles. The molecule has 0 radical (unpaired) electrons. The van der Waals surface area contributed by atoms with Gasteiger partial charge in [0.1, 0.15) is 0 Å². The average Bonchev–Trinajstić information content (AvgIpc) is 2.66. The molecule has 106 valence electrons. The zero-order chi connectivity index (χ0) is 13.8. The molecule has 3 heteroatoms. The molecule has 0 bridgehead atoms. The van der Waals surface area contributed by atoms with Gasteiger partial charge in [-0.1, -0.05) is 31.7 Å². The summed E-state index contributed by atoms with van der Waals surface area (Å²) in [5.74, 6) is 0. The van der Waals surface area contributed by atoms with Crippen molar-refractivity contribution in [3.05, 3.63) is 28.2 Å². The molecule has 0 spiro atoms. The Bertz CT molecular complexity index is 411. The van der Waals surface area contributed by atoms with E-state index >= 15 is 0 Å². The van der Waals surface area contributed by atoms with Gasteiger partial charge in [-0.15, -0.1) is 0 Å². The Kier molecular flexibility index (Phi) is 5.28. The van der Waals surface area contributed by atoms with Crippen LogP contribution in [-0.2, 0) is 0 Å². The van der Waals surface area contributed by atoms with Crippen molar-refractivity contribution >= 4 is 21.6 Å². The van der Waals surface area contributed by atoms with Crippen molar-refractivity contribution in [1.82, 2.24) is 0 Å². The number of hydrogen-bond donors (Lipinski definition) is 1. The van der Waals surface area contributed by atoms with Crippen molar-refractivity contribution in [3.63, 3.8) is 0 Å². The van der Waals surface area contributed by atoms with E-state index < -0.39 is 6.10 Å². The van der Waals surface area contributed by atoms with Crippen LogP contribution in [0.2, 0.25) is 0 Å². The van der Waals surface area contributed by atoms with Gasteiger partial charge in [-0.25, -0.2) is 0 Å². The molecule has 2 rings (SSSR count). The van der Waals surface area contributed by atoms with Crippen molar-refractivity contribution in [2.75, 3.05) is 11.9 Å². The second-order valence-electron chi connectivity index (χ2n) is 5.64. The van der Waals surface area contributed by atoms with Gasteiger partial charge in [0.25, 0.3) is 0 Å². The first-order chi connectivity index (χ1) is 9.09. The van der Waals surface area contributed by atoms with E-state index in [1.165, 1.54) is 44.2 Å². The molecular formula is C16H24BrNO. The van der Waals surface area contributed by atoms with Gasteiger partial charge in [-0.05, 0) is 53.4 Å². The van der Waals surface area contributed by atoms with Gasteiger partial charge in [-0.3, -0.25) is 0 Å². The van der Waals surface area contributed by atoms with E-state index in [-0.39, 0.29) is 0 Å². The highest BCUT2D eigenvalue weighted by Crippen LogP contribution is 2.32. The van der Waals surface area contributed by atoms with Gasteiger partial charge in [0.2, 0.25) is 0 Å². The fourth-order valence-electron chi connectivity index (χ4n) is 2.91. The van der Waals surface area contributed by atoms with Crippen LogP contribution in [-0.4, -0.2) is 18.2 Å². The quantitative estimate of drug-likeness (QED) is 0.817. The first-order valence-corrected chi connectivity index (χ1v) is 8.09. The Balaban J connectivity index is 2.15. The summed E-state index contributed by atoms with van der Waals surface area (Å²) in [7, 11) is 2.19. The van der Waals surface area contributed by atoms with Gasteiger partial charge in [0.15, 0.2) is 0 Å². The maximum Gasteiger partial charge on any atom is 0.0762 e. The Morgan fingerprint density at radius 3 is 2.37 bits per heavy atom. The van der Waals surface area contributed by atoms with E-state index in [1.807, 2.05) is 12.1 Å². The molecule has 1 aliphatic rings. The third kappa shape index (κ3) is 3.73. The minimum atomic E-state index is -0.409. The second kappa shape index (κ2) is 6.76. The van der Waals surface area contributed by atoms with E-state index in [1.54, 1.807) is 6.92 Å². The number of nitrogens with zero attached hydrogens (tertiary/aromatic N) is 1. The SMILES string of the molecule is C[C@H](O)c1ccc(N(C)C2CCCCCC2)c(Br)c1. The summed E-state index contributed by atoms with van der Waals surface area (Å²) in [6.07, 6.45) is 7.63. The molecule has 0 heterocycles. The standard InChI is InChI=1S/C16H24BrNO/c1-12(19)13-9-10-16(15(17)11-13)18(2)14-7-5-3-4-6-8-14/h9-12,14,19H,3-8H2,1-2H3/t12-/m0/s1. The number of benzene rings is 1. The molecule has 1 N–H and O–H groups in total.